The molecule has 1 aliphatic heterocycles. The van der Waals surface area contributed by atoms with Crippen LogP contribution in [0.4, 0.5) is 0 Å². The molecule has 21 heavy (non-hydrogen) atoms. The van der Waals surface area contributed by atoms with Crippen molar-refractivity contribution in [3.05, 3.63) is 46.5 Å². The Balaban J connectivity index is 1.80. The smallest absolute Gasteiger partial charge is 0.123 e. The molecule has 2 heterocycles. The van der Waals surface area contributed by atoms with Gasteiger partial charge in [0.15, 0.2) is 0 Å². The quantitative estimate of drug-likeness (QED) is 0.868. The summed E-state index contributed by atoms with van der Waals surface area (Å²) in [6.07, 6.45) is 0. The van der Waals surface area contributed by atoms with E-state index in [0.29, 0.717) is 0 Å². The summed E-state index contributed by atoms with van der Waals surface area (Å²) in [5.41, 5.74) is 4.99. The molecule has 0 saturated heterocycles. The topological polar surface area (TPSA) is 30.3 Å². The van der Waals surface area contributed by atoms with Crippen molar-refractivity contribution in [3.8, 4) is 5.75 Å². The fourth-order valence-electron chi connectivity index (χ4n) is 3.07. The molecule has 0 radical (unpaired) electrons. The summed E-state index contributed by atoms with van der Waals surface area (Å²) in [6.45, 7) is 10.3. The van der Waals surface area contributed by atoms with Crippen molar-refractivity contribution >= 4 is 0 Å². The normalized spacial score (nSPS) is 15.0. The standard InChI is InChI=1S/C17H23N3O/c1-12-5-6-16(21-4)15(9-12)10-19-7-8-20-14(3)13(2)18-17(20)11-19/h5-6,9H,7-8,10-11H2,1-4H3. The van der Waals surface area contributed by atoms with E-state index in [1.807, 2.05) is 0 Å². The Hall–Kier alpha value is -1.81. The van der Waals surface area contributed by atoms with Crippen LogP contribution in [-0.4, -0.2) is 28.1 Å². The second-order valence-corrected chi connectivity index (χ2v) is 5.88. The van der Waals surface area contributed by atoms with Gasteiger partial charge in [-0.2, -0.15) is 0 Å². The maximum absolute atomic E-state index is 5.49. The van der Waals surface area contributed by atoms with Crippen LogP contribution in [0.3, 0.4) is 0 Å². The van der Waals surface area contributed by atoms with Crippen LogP contribution in [0.1, 0.15) is 28.3 Å². The molecule has 112 valence electrons. The van der Waals surface area contributed by atoms with Crippen LogP contribution in [0.25, 0.3) is 0 Å². The molecule has 2 aromatic rings. The third kappa shape index (κ3) is 2.68. The molecular formula is C17H23N3O. The van der Waals surface area contributed by atoms with Crippen molar-refractivity contribution in [2.45, 2.75) is 40.4 Å². The number of imidazole rings is 1. The van der Waals surface area contributed by atoms with Crippen molar-refractivity contribution in [1.82, 2.24) is 14.5 Å². The van der Waals surface area contributed by atoms with Gasteiger partial charge < -0.3 is 9.30 Å². The summed E-state index contributed by atoms with van der Waals surface area (Å²) in [7, 11) is 1.74. The molecule has 0 spiro atoms. The zero-order valence-electron chi connectivity index (χ0n) is 13.3. The zero-order valence-corrected chi connectivity index (χ0v) is 13.3. The Labute approximate surface area is 126 Å². The lowest BCUT2D eigenvalue weighted by Gasteiger charge is -2.28. The molecule has 0 atom stereocenters. The number of methoxy groups -OCH3 is 1. The molecule has 1 aromatic carbocycles. The molecule has 3 rings (SSSR count). The first-order valence-electron chi connectivity index (χ1n) is 7.47. The van der Waals surface area contributed by atoms with Crippen LogP contribution in [0.2, 0.25) is 0 Å². The first-order valence-corrected chi connectivity index (χ1v) is 7.47. The maximum Gasteiger partial charge on any atom is 0.123 e. The van der Waals surface area contributed by atoms with Gasteiger partial charge >= 0.3 is 0 Å². The number of nitrogens with zero attached hydrogens (tertiary/aromatic N) is 3. The lowest BCUT2D eigenvalue weighted by Crippen LogP contribution is -2.33. The van der Waals surface area contributed by atoms with Gasteiger partial charge in [-0.25, -0.2) is 4.98 Å². The van der Waals surface area contributed by atoms with Crippen molar-refractivity contribution < 1.29 is 4.74 Å². The Morgan fingerprint density at radius 3 is 2.76 bits per heavy atom. The number of aryl methyl sites for hydroxylation is 2. The van der Waals surface area contributed by atoms with E-state index >= 15 is 0 Å². The van der Waals surface area contributed by atoms with E-state index in [9.17, 15) is 0 Å². The van der Waals surface area contributed by atoms with Crippen LogP contribution < -0.4 is 4.74 Å². The molecular weight excluding hydrogens is 262 g/mol. The van der Waals surface area contributed by atoms with E-state index in [2.05, 4.69) is 48.4 Å². The largest absolute Gasteiger partial charge is 0.496 e. The molecule has 0 unspecified atom stereocenters. The van der Waals surface area contributed by atoms with E-state index in [1.165, 1.54) is 22.6 Å². The Bertz CT molecular complexity index is 660. The van der Waals surface area contributed by atoms with E-state index in [-0.39, 0.29) is 0 Å². The van der Waals surface area contributed by atoms with Gasteiger partial charge in [0.2, 0.25) is 0 Å². The van der Waals surface area contributed by atoms with Gasteiger partial charge in [-0.1, -0.05) is 17.7 Å². The predicted octanol–water partition coefficient (Wildman–Crippen LogP) is 2.83. The molecule has 0 N–H and O–H groups in total. The van der Waals surface area contributed by atoms with E-state index in [1.54, 1.807) is 7.11 Å². The molecule has 4 nitrogen and oxygen atoms in total. The Morgan fingerprint density at radius 1 is 1.19 bits per heavy atom. The highest BCUT2D eigenvalue weighted by molar-refractivity contribution is 5.36. The average molecular weight is 285 g/mol. The van der Waals surface area contributed by atoms with Crippen molar-refractivity contribution in [1.29, 1.82) is 0 Å². The average Bonchev–Trinajstić information content (AvgIpc) is 2.74. The van der Waals surface area contributed by atoms with E-state index in [4.69, 9.17) is 9.72 Å². The number of ether oxygens (including phenoxy) is 1. The van der Waals surface area contributed by atoms with Gasteiger partial charge in [-0.3, -0.25) is 4.90 Å². The minimum atomic E-state index is 0.909. The third-order valence-corrected chi connectivity index (χ3v) is 4.37. The number of aromatic nitrogens is 2. The molecule has 0 amide bonds. The van der Waals surface area contributed by atoms with Crippen molar-refractivity contribution in [2.75, 3.05) is 13.7 Å². The summed E-state index contributed by atoms with van der Waals surface area (Å²) in [6, 6.07) is 6.37. The Morgan fingerprint density at radius 2 is 2.00 bits per heavy atom. The minimum absolute atomic E-state index is 0.909. The first-order chi connectivity index (χ1) is 10.1. The first kappa shape index (κ1) is 14.1. The number of rotatable bonds is 3. The maximum atomic E-state index is 5.49. The van der Waals surface area contributed by atoms with Crippen molar-refractivity contribution in [3.63, 3.8) is 0 Å². The second-order valence-electron chi connectivity index (χ2n) is 5.88. The molecule has 0 saturated carbocycles. The van der Waals surface area contributed by atoms with E-state index in [0.717, 1.165) is 37.6 Å². The zero-order chi connectivity index (χ0) is 15.0. The second kappa shape index (κ2) is 5.53. The molecule has 0 bridgehead atoms. The summed E-state index contributed by atoms with van der Waals surface area (Å²) < 4.78 is 7.83. The van der Waals surface area contributed by atoms with Crippen LogP contribution in [0.5, 0.6) is 5.75 Å². The van der Waals surface area contributed by atoms with Crippen molar-refractivity contribution in [2.24, 2.45) is 0 Å². The van der Waals surface area contributed by atoms with Gasteiger partial charge in [-0.05, 0) is 26.8 Å². The van der Waals surface area contributed by atoms with Crippen LogP contribution in [0.15, 0.2) is 18.2 Å². The highest BCUT2D eigenvalue weighted by atomic mass is 16.5. The molecule has 4 heteroatoms. The minimum Gasteiger partial charge on any atom is -0.496 e. The van der Waals surface area contributed by atoms with Crippen LogP contribution in [-0.2, 0) is 19.6 Å². The summed E-state index contributed by atoms with van der Waals surface area (Å²) >= 11 is 0. The van der Waals surface area contributed by atoms with E-state index < -0.39 is 0 Å². The SMILES string of the molecule is COc1ccc(C)cc1CN1CCn2c(nc(C)c2C)C1. The van der Waals surface area contributed by atoms with Gasteiger partial charge in [0, 0.05) is 30.9 Å². The lowest BCUT2D eigenvalue weighted by atomic mass is 10.1. The fourth-order valence-corrected chi connectivity index (χ4v) is 3.07. The molecule has 0 aliphatic carbocycles. The molecule has 1 aromatic heterocycles. The Kier molecular flexibility index (Phi) is 3.72. The third-order valence-electron chi connectivity index (χ3n) is 4.37. The fraction of sp³-hybridized carbons (Fsp3) is 0.471. The highest BCUT2D eigenvalue weighted by Gasteiger charge is 2.21. The molecule has 0 fully saturated rings. The monoisotopic (exact) mass is 285 g/mol. The summed E-state index contributed by atoms with van der Waals surface area (Å²) in [5, 5.41) is 0. The summed E-state index contributed by atoms with van der Waals surface area (Å²) in [5.74, 6) is 2.16. The summed E-state index contributed by atoms with van der Waals surface area (Å²) in [4.78, 5) is 7.14. The van der Waals surface area contributed by atoms with Crippen LogP contribution in [0, 0.1) is 20.8 Å². The number of fused-ring (bicyclic) bond motifs is 1. The van der Waals surface area contributed by atoms with Gasteiger partial charge in [-0.15, -0.1) is 0 Å². The number of benzene rings is 1. The highest BCUT2D eigenvalue weighted by Crippen LogP contribution is 2.24. The molecule has 1 aliphatic rings. The van der Waals surface area contributed by atoms with Gasteiger partial charge in [0.25, 0.3) is 0 Å². The predicted molar refractivity (Wildman–Crippen MR) is 83.5 cm³/mol. The van der Waals surface area contributed by atoms with Gasteiger partial charge in [0.05, 0.1) is 19.3 Å². The van der Waals surface area contributed by atoms with Crippen LogP contribution >= 0.6 is 0 Å². The lowest BCUT2D eigenvalue weighted by molar-refractivity contribution is 0.205. The number of hydrogen-bond donors (Lipinski definition) is 0. The number of hydrogen-bond acceptors (Lipinski definition) is 3. The van der Waals surface area contributed by atoms with Gasteiger partial charge in [0.1, 0.15) is 11.6 Å².